The Hall–Kier alpha value is -1.69. The third-order valence-corrected chi connectivity index (χ3v) is 2.23. The van der Waals surface area contributed by atoms with Gasteiger partial charge in [0.2, 0.25) is 5.88 Å². The predicted octanol–water partition coefficient (Wildman–Crippen LogP) is 0.596. The van der Waals surface area contributed by atoms with E-state index in [4.69, 9.17) is 0 Å². The van der Waals surface area contributed by atoms with Crippen molar-refractivity contribution >= 4 is 30.0 Å². The van der Waals surface area contributed by atoms with E-state index in [-0.39, 0.29) is 10.8 Å². The number of aliphatic imine (C=N–C) groups is 2. The van der Waals surface area contributed by atoms with Gasteiger partial charge in [-0.15, -0.1) is 0 Å². The molecule has 2 heterocycles. The van der Waals surface area contributed by atoms with Gasteiger partial charge in [0.25, 0.3) is 0 Å². The van der Waals surface area contributed by atoms with E-state index in [1.165, 1.54) is 6.34 Å². The Bertz CT molecular complexity index is 452. The largest absolute Gasteiger partial charge is 0.493 e. The molecule has 0 saturated carbocycles. The molecular formula is C7H5N3O2S. The highest BCUT2D eigenvalue weighted by molar-refractivity contribution is 7.10. The molecule has 13 heavy (non-hydrogen) atoms. The molecule has 0 fully saturated rings. The molecule has 5 nitrogen and oxygen atoms in total. The number of nitrogens with one attached hydrogen (secondary N) is 1. The lowest BCUT2D eigenvalue weighted by Gasteiger charge is -1.87. The highest BCUT2D eigenvalue weighted by Crippen LogP contribution is 2.19. The molecule has 1 aliphatic heterocycles. The molecule has 0 aromatic carbocycles. The zero-order chi connectivity index (χ0) is 9.26. The highest BCUT2D eigenvalue weighted by Gasteiger charge is 2.05. The fourth-order valence-electron chi connectivity index (χ4n) is 0.882. The summed E-state index contributed by atoms with van der Waals surface area (Å²) < 4.78 is 0. The van der Waals surface area contributed by atoms with Crippen LogP contribution in [0.5, 0.6) is 5.88 Å². The number of thiazole rings is 1. The van der Waals surface area contributed by atoms with Gasteiger partial charge in [0.15, 0.2) is 0 Å². The number of hydrogen-bond acceptors (Lipinski definition) is 5. The van der Waals surface area contributed by atoms with Crippen LogP contribution in [0.25, 0.3) is 6.08 Å². The van der Waals surface area contributed by atoms with Crippen molar-refractivity contribution in [3.05, 3.63) is 20.2 Å². The van der Waals surface area contributed by atoms with Gasteiger partial charge >= 0.3 is 4.87 Å². The molecule has 6 heteroatoms. The second kappa shape index (κ2) is 2.98. The van der Waals surface area contributed by atoms with Crippen molar-refractivity contribution in [3.8, 4) is 5.88 Å². The molecule has 66 valence electrons. The maximum absolute atomic E-state index is 10.8. The molecule has 1 aromatic heterocycles. The fraction of sp³-hybridized carbons (Fsp3) is 0. The molecule has 0 amide bonds. The SMILES string of the molecule is O=c1[nH]c(O)c(C=C2C=NC=N2)s1. The summed E-state index contributed by atoms with van der Waals surface area (Å²) in [5.74, 6) is -0.127. The smallest absolute Gasteiger partial charge is 0.307 e. The van der Waals surface area contributed by atoms with Crippen LogP contribution in [-0.4, -0.2) is 22.6 Å². The minimum atomic E-state index is -0.289. The molecule has 1 aliphatic rings. The third kappa shape index (κ3) is 1.57. The standard InChI is InChI=1S/C7H5N3O2S/c11-6-5(13-7(12)10-6)1-4-2-8-3-9-4/h1-3,11H,(H,10,12). The van der Waals surface area contributed by atoms with Gasteiger partial charge in [0.1, 0.15) is 6.34 Å². The first-order valence-corrected chi connectivity index (χ1v) is 4.27. The lowest BCUT2D eigenvalue weighted by Crippen LogP contribution is -1.89. The van der Waals surface area contributed by atoms with E-state index in [0.29, 0.717) is 10.6 Å². The predicted molar refractivity (Wildman–Crippen MR) is 51.6 cm³/mol. The molecule has 0 aliphatic carbocycles. The number of H-pyrrole nitrogens is 1. The minimum Gasteiger partial charge on any atom is -0.493 e. The van der Waals surface area contributed by atoms with E-state index >= 15 is 0 Å². The number of hydrogen-bond donors (Lipinski definition) is 2. The molecule has 0 atom stereocenters. The summed E-state index contributed by atoms with van der Waals surface area (Å²) in [5.41, 5.74) is 0.616. The summed E-state index contributed by atoms with van der Waals surface area (Å²) in [6, 6.07) is 0. The maximum Gasteiger partial charge on any atom is 0.307 e. The second-order valence-corrected chi connectivity index (χ2v) is 3.33. The zero-order valence-electron chi connectivity index (χ0n) is 6.39. The topological polar surface area (TPSA) is 77.8 Å². The lowest BCUT2D eigenvalue weighted by molar-refractivity contribution is 0.455. The van der Waals surface area contributed by atoms with Gasteiger partial charge in [-0.1, -0.05) is 11.3 Å². The zero-order valence-corrected chi connectivity index (χ0v) is 7.21. The molecular weight excluding hydrogens is 190 g/mol. The quantitative estimate of drug-likeness (QED) is 0.688. The first-order valence-electron chi connectivity index (χ1n) is 3.45. The van der Waals surface area contributed by atoms with Crippen LogP contribution in [-0.2, 0) is 0 Å². The van der Waals surface area contributed by atoms with Gasteiger partial charge in [0, 0.05) is 0 Å². The molecule has 0 radical (unpaired) electrons. The van der Waals surface area contributed by atoms with Crippen molar-refractivity contribution in [2.45, 2.75) is 0 Å². The van der Waals surface area contributed by atoms with E-state index in [1.54, 1.807) is 12.3 Å². The van der Waals surface area contributed by atoms with E-state index in [1.807, 2.05) is 0 Å². The summed E-state index contributed by atoms with van der Waals surface area (Å²) in [7, 11) is 0. The summed E-state index contributed by atoms with van der Waals surface area (Å²) in [5, 5.41) is 9.21. The van der Waals surface area contributed by atoms with E-state index in [0.717, 1.165) is 11.3 Å². The van der Waals surface area contributed by atoms with Crippen molar-refractivity contribution < 1.29 is 5.11 Å². The van der Waals surface area contributed by atoms with Crippen LogP contribution in [0.4, 0.5) is 0 Å². The second-order valence-electron chi connectivity index (χ2n) is 2.32. The van der Waals surface area contributed by atoms with Crippen molar-refractivity contribution in [2.24, 2.45) is 9.98 Å². The molecule has 0 unspecified atom stereocenters. The van der Waals surface area contributed by atoms with Crippen molar-refractivity contribution in [3.63, 3.8) is 0 Å². The fourth-order valence-corrected chi connectivity index (χ4v) is 1.56. The summed E-state index contributed by atoms with van der Waals surface area (Å²) in [4.78, 5) is 20.8. The van der Waals surface area contributed by atoms with E-state index in [9.17, 15) is 9.90 Å². The van der Waals surface area contributed by atoms with Gasteiger partial charge < -0.3 is 5.11 Å². The molecule has 0 saturated heterocycles. The molecule has 2 N–H and O–H groups in total. The summed E-state index contributed by atoms with van der Waals surface area (Å²) in [6.07, 6.45) is 4.53. The maximum atomic E-state index is 10.8. The Morgan fingerprint density at radius 2 is 2.46 bits per heavy atom. The number of aromatic amines is 1. The monoisotopic (exact) mass is 195 g/mol. The van der Waals surface area contributed by atoms with Crippen molar-refractivity contribution in [1.82, 2.24) is 4.98 Å². The Morgan fingerprint density at radius 3 is 3.00 bits per heavy atom. The van der Waals surface area contributed by atoms with Crippen LogP contribution in [0.2, 0.25) is 0 Å². The summed E-state index contributed by atoms with van der Waals surface area (Å²) in [6.45, 7) is 0. The van der Waals surface area contributed by atoms with E-state index < -0.39 is 0 Å². The molecule has 1 aromatic rings. The van der Waals surface area contributed by atoms with Crippen LogP contribution in [0.3, 0.4) is 0 Å². The number of aromatic hydroxyl groups is 1. The summed E-state index contributed by atoms with van der Waals surface area (Å²) >= 11 is 0.928. The molecule has 2 rings (SSSR count). The van der Waals surface area contributed by atoms with Crippen LogP contribution in [0.15, 0.2) is 20.5 Å². The van der Waals surface area contributed by atoms with Crippen molar-refractivity contribution in [1.29, 1.82) is 0 Å². The van der Waals surface area contributed by atoms with Crippen LogP contribution in [0.1, 0.15) is 4.88 Å². The van der Waals surface area contributed by atoms with Gasteiger partial charge in [-0.3, -0.25) is 9.78 Å². The number of nitrogens with zero attached hydrogens (tertiary/aromatic N) is 2. The van der Waals surface area contributed by atoms with Crippen LogP contribution < -0.4 is 4.87 Å². The number of allylic oxidation sites excluding steroid dienone is 1. The normalized spacial score (nSPS) is 17.4. The van der Waals surface area contributed by atoms with Gasteiger partial charge in [-0.05, 0) is 6.08 Å². The van der Waals surface area contributed by atoms with Crippen LogP contribution >= 0.6 is 11.3 Å². The number of rotatable bonds is 1. The lowest BCUT2D eigenvalue weighted by atomic mass is 10.4. The Morgan fingerprint density at radius 1 is 1.62 bits per heavy atom. The van der Waals surface area contributed by atoms with Crippen molar-refractivity contribution in [2.75, 3.05) is 0 Å². The molecule has 0 bridgehead atoms. The third-order valence-electron chi connectivity index (χ3n) is 1.42. The Kier molecular flexibility index (Phi) is 1.82. The van der Waals surface area contributed by atoms with Gasteiger partial charge in [-0.25, -0.2) is 9.98 Å². The minimum absolute atomic E-state index is 0.127. The van der Waals surface area contributed by atoms with E-state index in [2.05, 4.69) is 15.0 Å². The average Bonchev–Trinajstić information content (AvgIpc) is 2.63. The average molecular weight is 195 g/mol. The number of aromatic nitrogens is 1. The Labute approximate surface area is 76.8 Å². The highest BCUT2D eigenvalue weighted by atomic mass is 32.1. The Balaban J connectivity index is 2.42. The first-order chi connectivity index (χ1) is 6.25. The van der Waals surface area contributed by atoms with Gasteiger partial charge in [0.05, 0.1) is 16.8 Å². The van der Waals surface area contributed by atoms with Crippen LogP contribution in [0, 0.1) is 0 Å². The van der Waals surface area contributed by atoms with Gasteiger partial charge in [-0.2, -0.15) is 0 Å². The first kappa shape index (κ1) is 7.93. The molecule has 0 spiro atoms.